The second-order valence-electron chi connectivity index (χ2n) is 3.99. The molecule has 1 aromatic heterocycles. The Morgan fingerprint density at radius 1 is 1.82 bits per heavy atom. The van der Waals surface area contributed by atoms with Gasteiger partial charge in [-0.1, -0.05) is 5.16 Å². The van der Waals surface area contributed by atoms with Crippen molar-refractivity contribution in [3.05, 3.63) is 11.8 Å². The van der Waals surface area contributed by atoms with Crippen LogP contribution in [0.5, 0.6) is 0 Å². The Bertz CT molecular complexity index is 393. The third-order valence-corrected chi connectivity index (χ3v) is 2.72. The van der Waals surface area contributed by atoms with Gasteiger partial charge in [0.25, 0.3) is 0 Å². The van der Waals surface area contributed by atoms with Crippen molar-refractivity contribution in [3.8, 4) is 0 Å². The highest BCUT2D eigenvalue weighted by Gasteiger charge is 2.24. The lowest BCUT2D eigenvalue weighted by molar-refractivity contribution is 0.109. The summed E-state index contributed by atoms with van der Waals surface area (Å²) in [5.41, 5.74) is 6.23. The summed E-state index contributed by atoms with van der Waals surface area (Å²) in [5.74, 6) is 0.306. The molecule has 1 saturated heterocycles. The van der Waals surface area contributed by atoms with Crippen LogP contribution in [0, 0.1) is 0 Å². The number of ether oxygens (including phenoxy) is 1. The number of nitrogen functional groups attached to an aromatic ring is 1. The van der Waals surface area contributed by atoms with Gasteiger partial charge in [0.15, 0.2) is 0 Å². The zero-order valence-electron chi connectivity index (χ0n) is 9.68. The maximum atomic E-state index is 11.4. The highest BCUT2D eigenvalue weighted by Crippen LogP contribution is 2.10. The first-order valence-electron chi connectivity index (χ1n) is 5.46. The van der Waals surface area contributed by atoms with Crippen LogP contribution < -0.4 is 11.1 Å². The van der Waals surface area contributed by atoms with Crippen LogP contribution in [0.4, 0.5) is 10.7 Å². The number of nitrogens with one attached hydrogen (secondary N) is 1. The number of methoxy groups -OCH3 is 1. The number of hydrogen-bond acceptors (Lipinski definition) is 6. The Morgan fingerprint density at radius 2 is 2.65 bits per heavy atom. The van der Waals surface area contributed by atoms with E-state index in [1.54, 1.807) is 11.0 Å². The Labute approximate surface area is 98.9 Å². The van der Waals surface area contributed by atoms with Crippen LogP contribution >= 0.6 is 0 Å². The maximum absolute atomic E-state index is 11.4. The van der Waals surface area contributed by atoms with Gasteiger partial charge in [-0.05, 0) is 0 Å². The molecule has 1 atom stereocenters. The molecule has 3 N–H and O–H groups in total. The number of amides is 1. The minimum absolute atomic E-state index is 0.146. The Kier molecular flexibility index (Phi) is 3.48. The van der Waals surface area contributed by atoms with E-state index in [1.165, 1.54) is 7.11 Å². The van der Waals surface area contributed by atoms with Gasteiger partial charge in [-0.2, -0.15) is 0 Å². The summed E-state index contributed by atoms with van der Waals surface area (Å²) in [6.07, 6.45) is 0.380. The lowest BCUT2D eigenvalue weighted by Crippen LogP contribution is -2.53. The Morgan fingerprint density at radius 3 is 3.29 bits per heavy atom. The van der Waals surface area contributed by atoms with Crippen LogP contribution in [0.3, 0.4) is 0 Å². The van der Waals surface area contributed by atoms with E-state index in [0.717, 1.165) is 12.2 Å². The normalized spacial score (nSPS) is 20.3. The lowest BCUT2D eigenvalue weighted by Gasteiger charge is -2.32. The van der Waals surface area contributed by atoms with E-state index in [9.17, 15) is 4.79 Å². The average Bonchev–Trinajstić information content (AvgIpc) is 2.74. The lowest BCUT2D eigenvalue weighted by atomic mass is 10.1. The van der Waals surface area contributed by atoms with Crippen LogP contribution in [-0.4, -0.2) is 48.9 Å². The summed E-state index contributed by atoms with van der Waals surface area (Å²) >= 11 is 0. The van der Waals surface area contributed by atoms with Gasteiger partial charge >= 0.3 is 6.09 Å². The van der Waals surface area contributed by atoms with Gasteiger partial charge in [0, 0.05) is 38.2 Å². The predicted molar refractivity (Wildman–Crippen MR) is 60.4 cm³/mol. The first-order chi connectivity index (χ1) is 8.19. The number of nitrogens with two attached hydrogens (primary N) is 1. The van der Waals surface area contributed by atoms with E-state index < -0.39 is 0 Å². The van der Waals surface area contributed by atoms with E-state index in [2.05, 4.69) is 10.5 Å². The molecule has 1 aliphatic rings. The highest BCUT2D eigenvalue weighted by molar-refractivity contribution is 5.67. The number of carbonyl (C=O) groups is 1. The summed E-state index contributed by atoms with van der Waals surface area (Å²) < 4.78 is 9.49. The van der Waals surface area contributed by atoms with Gasteiger partial charge < -0.3 is 25.2 Å². The molecule has 7 heteroatoms. The number of anilines is 1. The van der Waals surface area contributed by atoms with Gasteiger partial charge in [0.1, 0.15) is 0 Å². The second-order valence-corrected chi connectivity index (χ2v) is 3.99. The SMILES string of the molecule is COC(=O)N1CCNC(Cc2cc(N)on2)C1. The molecular formula is C10H16N4O3. The summed E-state index contributed by atoms with van der Waals surface area (Å²) in [4.78, 5) is 13.1. The fourth-order valence-corrected chi connectivity index (χ4v) is 1.93. The maximum Gasteiger partial charge on any atom is 0.409 e. The van der Waals surface area contributed by atoms with Crippen LogP contribution in [0.2, 0.25) is 0 Å². The molecule has 17 heavy (non-hydrogen) atoms. The van der Waals surface area contributed by atoms with Crippen molar-refractivity contribution in [2.45, 2.75) is 12.5 Å². The molecule has 1 fully saturated rings. The quantitative estimate of drug-likeness (QED) is 0.746. The molecule has 0 radical (unpaired) electrons. The predicted octanol–water partition coefficient (Wildman–Crippen LogP) is -0.160. The van der Waals surface area contributed by atoms with Gasteiger partial charge in [-0.25, -0.2) is 4.79 Å². The smallest absolute Gasteiger partial charge is 0.409 e. The molecule has 94 valence electrons. The molecule has 0 aromatic carbocycles. The first-order valence-corrected chi connectivity index (χ1v) is 5.46. The topological polar surface area (TPSA) is 93.6 Å². The highest BCUT2D eigenvalue weighted by atomic mass is 16.5. The van der Waals surface area contributed by atoms with Crippen LogP contribution in [0.1, 0.15) is 5.69 Å². The number of carbonyl (C=O) groups excluding carboxylic acids is 1. The number of piperazine rings is 1. The zero-order chi connectivity index (χ0) is 12.3. The fourth-order valence-electron chi connectivity index (χ4n) is 1.93. The van der Waals surface area contributed by atoms with Crippen LogP contribution in [0.15, 0.2) is 10.6 Å². The number of rotatable bonds is 2. The van der Waals surface area contributed by atoms with Crippen molar-refractivity contribution in [1.82, 2.24) is 15.4 Å². The van der Waals surface area contributed by atoms with Crippen molar-refractivity contribution >= 4 is 12.0 Å². The second kappa shape index (κ2) is 5.05. The molecule has 0 bridgehead atoms. The molecule has 0 aliphatic carbocycles. The van der Waals surface area contributed by atoms with Crippen molar-refractivity contribution in [3.63, 3.8) is 0 Å². The molecule has 0 saturated carbocycles. The van der Waals surface area contributed by atoms with Crippen molar-refractivity contribution in [2.75, 3.05) is 32.5 Å². The summed E-state index contributed by atoms with van der Waals surface area (Å²) in [6, 6.07) is 1.84. The molecular weight excluding hydrogens is 224 g/mol. The van der Waals surface area contributed by atoms with E-state index >= 15 is 0 Å². The fraction of sp³-hybridized carbons (Fsp3) is 0.600. The largest absolute Gasteiger partial charge is 0.453 e. The third kappa shape index (κ3) is 2.88. The van der Waals surface area contributed by atoms with Crippen LogP contribution in [-0.2, 0) is 11.2 Å². The molecule has 7 nitrogen and oxygen atoms in total. The molecule has 1 aromatic rings. The molecule has 2 heterocycles. The van der Waals surface area contributed by atoms with Crippen molar-refractivity contribution < 1.29 is 14.1 Å². The average molecular weight is 240 g/mol. The number of aromatic nitrogens is 1. The zero-order valence-corrected chi connectivity index (χ0v) is 9.68. The number of nitrogens with zero attached hydrogens (tertiary/aromatic N) is 2. The molecule has 1 amide bonds. The standard InChI is InChI=1S/C10H16N4O3/c1-16-10(15)14-3-2-12-8(6-14)4-7-5-9(11)17-13-7/h5,8,12H,2-4,6,11H2,1H3. The molecule has 1 aliphatic heterocycles. The van der Waals surface area contributed by atoms with Crippen LogP contribution in [0.25, 0.3) is 0 Å². The Hall–Kier alpha value is -1.76. The first kappa shape index (κ1) is 11.7. The van der Waals surface area contributed by atoms with Gasteiger partial charge in [0.2, 0.25) is 5.88 Å². The third-order valence-electron chi connectivity index (χ3n) is 2.72. The van der Waals surface area contributed by atoms with Gasteiger partial charge in [-0.3, -0.25) is 0 Å². The van der Waals surface area contributed by atoms with Gasteiger partial charge in [-0.15, -0.1) is 0 Å². The summed E-state index contributed by atoms with van der Waals surface area (Å²) in [5, 5.41) is 7.14. The minimum atomic E-state index is -0.295. The monoisotopic (exact) mass is 240 g/mol. The van der Waals surface area contributed by atoms with Crippen molar-refractivity contribution in [1.29, 1.82) is 0 Å². The van der Waals surface area contributed by atoms with Crippen molar-refractivity contribution in [2.24, 2.45) is 0 Å². The minimum Gasteiger partial charge on any atom is -0.453 e. The van der Waals surface area contributed by atoms with E-state index in [4.69, 9.17) is 15.0 Å². The molecule has 1 unspecified atom stereocenters. The summed E-state index contributed by atoms with van der Waals surface area (Å²) in [6.45, 7) is 2.00. The summed E-state index contributed by atoms with van der Waals surface area (Å²) in [7, 11) is 1.39. The molecule has 0 spiro atoms. The van der Waals surface area contributed by atoms with Gasteiger partial charge in [0.05, 0.1) is 12.8 Å². The Balaban J connectivity index is 1.91. The van der Waals surface area contributed by atoms with E-state index in [0.29, 0.717) is 25.4 Å². The van der Waals surface area contributed by atoms with E-state index in [-0.39, 0.29) is 12.1 Å². The number of hydrogen-bond donors (Lipinski definition) is 2. The molecule has 2 rings (SSSR count). The van der Waals surface area contributed by atoms with E-state index in [1.807, 2.05) is 0 Å².